The van der Waals surface area contributed by atoms with Crippen molar-refractivity contribution in [1.82, 2.24) is 4.98 Å². The molecule has 15 heavy (non-hydrogen) atoms. The minimum Gasteiger partial charge on any atom is -0.384 e. The zero-order chi connectivity index (χ0) is 11.5. The van der Waals surface area contributed by atoms with E-state index in [4.69, 9.17) is 5.73 Å². The number of aromatic nitrogens is 1. The van der Waals surface area contributed by atoms with Gasteiger partial charge in [-0.15, -0.1) is 5.54 Å². The predicted octanol–water partition coefficient (Wildman–Crippen LogP) is 2.46. The van der Waals surface area contributed by atoms with Gasteiger partial charge in [-0.05, 0) is 18.6 Å². The molecule has 2 nitrogen and oxygen atoms in total. The molecule has 3 heteroatoms. The molecule has 1 aromatic heterocycles. The van der Waals surface area contributed by atoms with Crippen molar-refractivity contribution in [2.45, 2.75) is 33.0 Å². The maximum atomic E-state index is 5.63. The average Bonchev–Trinajstić information content (AvgIpc) is 2.14. The van der Waals surface area contributed by atoms with E-state index < -0.39 is 8.07 Å². The van der Waals surface area contributed by atoms with Crippen molar-refractivity contribution in [1.29, 1.82) is 0 Å². The first-order chi connectivity index (χ1) is 6.92. The normalized spacial score (nSPS) is 10.7. The third-order valence-electron chi connectivity index (χ3n) is 1.90. The van der Waals surface area contributed by atoms with Crippen molar-refractivity contribution in [2.75, 3.05) is 5.73 Å². The highest BCUT2D eigenvalue weighted by Crippen LogP contribution is 2.09. The van der Waals surface area contributed by atoms with E-state index in [1.807, 2.05) is 12.1 Å². The summed E-state index contributed by atoms with van der Waals surface area (Å²) in [5.74, 6) is 3.80. The highest BCUT2D eigenvalue weighted by atomic mass is 28.3. The van der Waals surface area contributed by atoms with Crippen LogP contribution in [0, 0.1) is 11.5 Å². The quantitative estimate of drug-likeness (QED) is 0.581. The Morgan fingerprint density at radius 3 is 2.53 bits per heavy atom. The number of nitrogens with zero attached hydrogens (tertiary/aromatic N) is 1. The van der Waals surface area contributed by atoms with Gasteiger partial charge in [-0.25, -0.2) is 4.98 Å². The molecular formula is C12H18N2Si. The molecule has 0 aliphatic heterocycles. The van der Waals surface area contributed by atoms with Gasteiger partial charge in [0.05, 0.1) is 5.69 Å². The number of nitrogen functional groups attached to an aromatic ring is 1. The molecule has 0 saturated carbocycles. The maximum absolute atomic E-state index is 5.63. The standard InChI is InChI=1S/C12H18N2Si/c1-5-11-10(6-7-12(13)14-11)8-9-15(2,3)4/h6-7H,5H2,1-4H3,(H2,13,14). The Kier molecular flexibility index (Phi) is 3.54. The first kappa shape index (κ1) is 11.8. The largest absolute Gasteiger partial charge is 0.384 e. The number of hydrogen-bond acceptors (Lipinski definition) is 2. The van der Waals surface area contributed by atoms with Crippen molar-refractivity contribution in [3.05, 3.63) is 23.4 Å². The van der Waals surface area contributed by atoms with E-state index in [0.717, 1.165) is 17.7 Å². The van der Waals surface area contributed by atoms with Crippen LogP contribution in [-0.4, -0.2) is 13.1 Å². The number of anilines is 1. The fourth-order valence-electron chi connectivity index (χ4n) is 1.16. The van der Waals surface area contributed by atoms with E-state index in [2.05, 4.69) is 43.0 Å². The van der Waals surface area contributed by atoms with E-state index in [0.29, 0.717) is 5.82 Å². The summed E-state index contributed by atoms with van der Waals surface area (Å²) < 4.78 is 0. The third kappa shape index (κ3) is 3.76. The highest BCUT2D eigenvalue weighted by Gasteiger charge is 2.08. The zero-order valence-corrected chi connectivity index (χ0v) is 10.9. The molecule has 80 valence electrons. The number of pyridine rings is 1. The van der Waals surface area contributed by atoms with Crippen molar-refractivity contribution in [3.63, 3.8) is 0 Å². The van der Waals surface area contributed by atoms with Crippen molar-refractivity contribution < 1.29 is 0 Å². The summed E-state index contributed by atoms with van der Waals surface area (Å²) in [6, 6.07) is 3.78. The Morgan fingerprint density at radius 1 is 1.33 bits per heavy atom. The second kappa shape index (κ2) is 4.50. The van der Waals surface area contributed by atoms with Crippen LogP contribution in [0.25, 0.3) is 0 Å². The van der Waals surface area contributed by atoms with E-state index >= 15 is 0 Å². The van der Waals surface area contributed by atoms with Gasteiger partial charge in [0.1, 0.15) is 13.9 Å². The van der Waals surface area contributed by atoms with Crippen LogP contribution < -0.4 is 5.73 Å². The fourth-order valence-corrected chi connectivity index (χ4v) is 1.67. The molecular weight excluding hydrogens is 200 g/mol. The first-order valence-electron chi connectivity index (χ1n) is 5.21. The summed E-state index contributed by atoms with van der Waals surface area (Å²) in [5, 5.41) is 0. The second-order valence-electron chi connectivity index (χ2n) is 4.58. The minimum absolute atomic E-state index is 0.574. The van der Waals surface area contributed by atoms with Gasteiger partial charge in [-0.3, -0.25) is 0 Å². The summed E-state index contributed by atoms with van der Waals surface area (Å²) in [6.07, 6.45) is 0.876. The monoisotopic (exact) mass is 218 g/mol. The molecule has 0 atom stereocenters. The molecule has 0 fully saturated rings. The van der Waals surface area contributed by atoms with Gasteiger partial charge < -0.3 is 5.73 Å². The average molecular weight is 218 g/mol. The van der Waals surface area contributed by atoms with Gasteiger partial charge in [0.2, 0.25) is 0 Å². The van der Waals surface area contributed by atoms with E-state index in [1.54, 1.807) is 0 Å². The van der Waals surface area contributed by atoms with Crippen molar-refractivity contribution >= 4 is 13.9 Å². The van der Waals surface area contributed by atoms with Crippen LogP contribution in [0.4, 0.5) is 5.82 Å². The molecule has 0 aliphatic rings. The first-order valence-corrected chi connectivity index (χ1v) is 8.71. The molecule has 0 aromatic carbocycles. The van der Waals surface area contributed by atoms with Gasteiger partial charge in [0.25, 0.3) is 0 Å². The highest BCUT2D eigenvalue weighted by molar-refractivity contribution is 6.83. The summed E-state index contributed by atoms with van der Waals surface area (Å²) in [6.45, 7) is 8.77. The minimum atomic E-state index is -1.31. The Hall–Kier alpha value is -1.27. The number of rotatable bonds is 1. The van der Waals surface area contributed by atoms with Crippen LogP contribution >= 0.6 is 0 Å². The fraction of sp³-hybridized carbons (Fsp3) is 0.417. The smallest absolute Gasteiger partial charge is 0.129 e. The maximum Gasteiger partial charge on any atom is 0.129 e. The molecule has 0 radical (unpaired) electrons. The lowest BCUT2D eigenvalue weighted by Crippen LogP contribution is -2.16. The van der Waals surface area contributed by atoms with Crippen LogP contribution in [-0.2, 0) is 6.42 Å². The van der Waals surface area contributed by atoms with Gasteiger partial charge in [-0.2, -0.15) is 0 Å². The van der Waals surface area contributed by atoms with E-state index in [1.165, 1.54) is 0 Å². The molecule has 2 N–H and O–H groups in total. The zero-order valence-electron chi connectivity index (χ0n) is 9.89. The van der Waals surface area contributed by atoms with Crippen LogP contribution in [0.1, 0.15) is 18.2 Å². The topological polar surface area (TPSA) is 38.9 Å². The number of hydrogen-bond donors (Lipinski definition) is 1. The molecule has 0 spiro atoms. The Balaban J connectivity index is 3.08. The number of aryl methyl sites for hydroxylation is 1. The number of nitrogens with two attached hydrogens (primary N) is 1. The Bertz CT molecular complexity index is 408. The van der Waals surface area contributed by atoms with Crippen LogP contribution in [0.5, 0.6) is 0 Å². The van der Waals surface area contributed by atoms with Crippen LogP contribution in [0.3, 0.4) is 0 Å². The lowest BCUT2D eigenvalue weighted by atomic mass is 10.1. The van der Waals surface area contributed by atoms with Crippen molar-refractivity contribution in [3.8, 4) is 11.5 Å². The molecule has 0 amide bonds. The SMILES string of the molecule is CCc1nc(N)ccc1C#C[Si](C)(C)C. The van der Waals surface area contributed by atoms with Gasteiger partial charge in [0.15, 0.2) is 0 Å². The van der Waals surface area contributed by atoms with Crippen molar-refractivity contribution in [2.24, 2.45) is 0 Å². The third-order valence-corrected chi connectivity index (χ3v) is 2.78. The molecule has 0 aliphatic carbocycles. The van der Waals surface area contributed by atoms with Crippen LogP contribution in [0.2, 0.25) is 19.6 Å². The van der Waals surface area contributed by atoms with Gasteiger partial charge >= 0.3 is 0 Å². The molecule has 1 heterocycles. The lowest BCUT2D eigenvalue weighted by molar-refractivity contribution is 1.03. The molecule has 1 rings (SSSR count). The van der Waals surface area contributed by atoms with Crippen LogP contribution in [0.15, 0.2) is 12.1 Å². The Labute approximate surface area is 92.9 Å². The summed E-state index contributed by atoms with van der Waals surface area (Å²) in [5.41, 5.74) is 11.0. The molecule has 0 unspecified atom stereocenters. The summed E-state index contributed by atoms with van der Waals surface area (Å²) in [4.78, 5) is 4.28. The summed E-state index contributed by atoms with van der Waals surface area (Å²) >= 11 is 0. The molecule has 1 aromatic rings. The molecule has 0 saturated heterocycles. The lowest BCUT2D eigenvalue weighted by Gasteiger charge is -2.05. The second-order valence-corrected chi connectivity index (χ2v) is 9.33. The molecule has 0 bridgehead atoms. The summed E-state index contributed by atoms with van der Waals surface area (Å²) in [7, 11) is -1.31. The van der Waals surface area contributed by atoms with E-state index in [9.17, 15) is 0 Å². The predicted molar refractivity (Wildman–Crippen MR) is 68.3 cm³/mol. The van der Waals surface area contributed by atoms with E-state index in [-0.39, 0.29) is 0 Å². The Morgan fingerprint density at radius 2 is 2.00 bits per heavy atom. The van der Waals surface area contributed by atoms with Gasteiger partial charge in [0, 0.05) is 5.56 Å². The van der Waals surface area contributed by atoms with Gasteiger partial charge in [-0.1, -0.05) is 32.5 Å².